The fraction of sp³-hybridized carbons (Fsp3) is 0.360. The molecule has 1 spiro atoms. The number of fused-ring (bicyclic) bond motifs is 1. The van der Waals surface area contributed by atoms with Crippen LogP contribution in [0.4, 0.5) is 10.1 Å². The molecule has 2 saturated carbocycles. The Morgan fingerprint density at radius 1 is 1.07 bits per heavy atom. The number of carbonyl (C=O) groups excluding carboxylic acids is 1. The van der Waals surface area contributed by atoms with Crippen LogP contribution in [0.2, 0.25) is 5.02 Å². The van der Waals surface area contributed by atoms with Gasteiger partial charge in [-0.3, -0.25) is 9.78 Å². The summed E-state index contributed by atoms with van der Waals surface area (Å²) in [6.07, 6.45) is 8.09. The van der Waals surface area contributed by atoms with Crippen LogP contribution >= 0.6 is 11.6 Å². The number of pyridine rings is 1. The highest BCUT2D eigenvalue weighted by Gasteiger charge is 2.47. The lowest BCUT2D eigenvalue weighted by molar-refractivity contribution is -0.122. The van der Waals surface area contributed by atoms with E-state index in [1.807, 2.05) is 24.4 Å². The zero-order valence-electron chi connectivity index (χ0n) is 16.7. The molecular formula is C25H24ClFN2O. The first-order chi connectivity index (χ1) is 14.5. The van der Waals surface area contributed by atoms with Crippen molar-refractivity contribution >= 4 is 34.1 Å². The summed E-state index contributed by atoms with van der Waals surface area (Å²) in [5, 5.41) is 4.62. The van der Waals surface area contributed by atoms with Gasteiger partial charge >= 0.3 is 0 Å². The Labute approximate surface area is 180 Å². The normalized spacial score (nSPS) is 25.8. The summed E-state index contributed by atoms with van der Waals surface area (Å²) >= 11 is 5.91. The van der Waals surface area contributed by atoms with Crippen LogP contribution in [0.25, 0.3) is 10.9 Å². The molecule has 0 bridgehead atoms. The first kappa shape index (κ1) is 19.5. The predicted molar refractivity (Wildman–Crippen MR) is 118 cm³/mol. The molecule has 2 aromatic carbocycles. The molecule has 154 valence electrons. The molecule has 3 nitrogen and oxygen atoms in total. The zero-order valence-corrected chi connectivity index (χ0v) is 17.5. The Morgan fingerprint density at radius 3 is 2.53 bits per heavy atom. The van der Waals surface area contributed by atoms with Crippen molar-refractivity contribution in [2.45, 2.75) is 44.4 Å². The Hall–Kier alpha value is -2.46. The maximum Gasteiger partial charge on any atom is 0.227 e. The molecule has 0 radical (unpaired) electrons. The number of amides is 1. The van der Waals surface area contributed by atoms with Crippen molar-refractivity contribution in [3.05, 3.63) is 71.1 Å². The second-order valence-corrected chi connectivity index (χ2v) is 9.37. The average Bonchev–Trinajstić information content (AvgIpc) is 2.73. The second-order valence-electron chi connectivity index (χ2n) is 8.94. The number of nitrogens with zero attached hydrogens (tertiary/aromatic N) is 1. The highest BCUT2D eigenvalue weighted by Crippen LogP contribution is 2.59. The van der Waals surface area contributed by atoms with Crippen LogP contribution in [0, 0.1) is 17.2 Å². The van der Waals surface area contributed by atoms with E-state index in [-0.39, 0.29) is 17.6 Å². The number of hydrogen-bond donors (Lipinski definition) is 1. The minimum Gasteiger partial charge on any atom is -0.326 e. The van der Waals surface area contributed by atoms with Gasteiger partial charge in [-0.05, 0) is 104 Å². The van der Waals surface area contributed by atoms with E-state index in [2.05, 4.69) is 10.3 Å². The van der Waals surface area contributed by atoms with E-state index in [0.717, 1.165) is 55.1 Å². The minimum absolute atomic E-state index is 0.0706. The number of aromatic nitrogens is 1. The van der Waals surface area contributed by atoms with Crippen molar-refractivity contribution in [2.24, 2.45) is 11.3 Å². The number of benzene rings is 2. The maximum atomic E-state index is 13.8. The maximum absolute atomic E-state index is 13.8. The number of rotatable bonds is 3. The van der Waals surface area contributed by atoms with Crippen LogP contribution < -0.4 is 5.32 Å². The molecule has 2 aliphatic carbocycles. The lowest BCUT2D eigenvalue weighted by Gasteiger charge is -2.52. The van der Waals surface area contributed by atoms with E-state index in [1.165, 1.54) is 11.6 Å². The fourth-order valence-corrected chi connectivity index (χ4v) is 5.51. The van der Waals surface area contributed by atoms with Gasteiger partial charge in [-0.1, -0.05) is 11.6 Å². The van der Waals surface area contributed by atoms with Crippen LogP contribution in [0.5, 0.6) is 0 Å². The molecule has 5 rings (SSSR count). The monoisotopic (exact) mass is 422 g/mol. The van der Waals surface area contributed by atoms with Gasteiger partial charge in [0.15, 0.2) is 0 Å². The Bertz CT molecular complexity index is 1080. The summed E-state index contributed by atoms with van der Waals surface area (Å²) < 4.78 is 13.8. The summed E-state index contributed by atoms with van der Waals surface area (Å²) in [6, 6.07) is 14.1. The second kappa shape index (κ2) is 7.66. The molecule has 30 heavy (non-hydrogen) atoms. The average molecular weight is 423 g/mol. The number of hydrogen-bond acceptors (Lipinski definition) is 2. The summed E-state index contributed by atoms with van der Waals surface area (Å²) in [7, 11) is 0. The molecule has 0 aliphatic heterocycles. The molecule has 2 aliphatic rings. The van der Waals surface area contributed by atoms with Gasteiger partial charge < -0.3 is 5.32 Å². The quantitative estimate of drug-likeness (QED) is 0.509. The van der Waals surface area contributed by atoms with Crippen LogP contribution in [0.15, 0.2) is 54.7 Å². The third-order valence-corrected chi connectivity index (χ3v) is 7.32. The summed E-state index contributed by atoms with van der Waals surface area (Å²) in [4.78, 5) is 17.0. The third-order valence-electron chi connectivity index (χ3n) is 7.06. The van der Waals surface area contributed by atoms with Gasteiger partial charge in [0.25, 0.3) is 0 Å². The topological polar surface area (TPSA) is 42.0 Å². The minimum atomic E-state index is -0.210. The molecule has 2 fully saturated rings. The van der Waals surface area contributed by atoms with E-state index in [4.69, 9.17) is 11.6 Å². The predicted octanol–water partition coefficient (Wildman–Crippen LogP) is 6.72. The number of nitrogens with one attached hydrogen (secondary N) is 1. The van der Waals surface area contributed by atoms with Gasteiger partial charge in [-0.15, -0.1) is 0 Å². The van der Waals surface area contributed by atoms with E-state index < -0.39 is 0 Å². The number of halogens is 2. The van der Waals surface area contributed by atoms with Crippen molar-refractivity contribution in [1.29, 1.82) is 0 Å². The van der Waals surface area contributed by atoms with Crippen LogP contribution in [0.3, 0.4) is 0 Å². The molecule has 1 amide bonds. The molecule has 3 aromatic rings. The van der Waals surface area contributed by atoms with Gasteiger partial charge in [0.1, 0.15) is 5.82 Å². The molecule has 1 N–H and O–H groups in total. The Balaban J connectivity index is 1.21. The van der Waals surface area contributed by atoms with Gasteiger partial charge in [-0.25, -0.2) is 4.39 Å². The Kier molecular flexibility index (Phi) is 4.98. The SMILES string of the molecule is O=C(Nc1ccc(Cl)cc1)C1CCC2(CC1)CC(c1ccnc3ccc(F)cc13)C2. The van der Waals surface area contributed by atoms with Gasteiger partial charge in [0, 0.05) is 28.2 Å². The zero-order chi connectivity index (χ0) is 20.7. The Morgan fingerprint density at radius 2 is 1.80 bits per heavy atom. The van der Waals surface area contributed by atoms with Crippen molar-refractivity contribution < 1.29 is 9.18 Å². The lowest BCUT2D eigenvalue weighted by atomic mass is 9.53. The van der Waals surface area contributed by atoms with Crippen molar-refractivity contribution in [1.82, 2.24) is 4.98 Å². The summed E-state index contributed by atoms with van der Waals surface area (Å²) in [6.45, 7) is 0. The molecule has 1 heterocycles. The van der Waals surface area contributed by atoms with E-state index in [1.54, 1.807) is 24.3 Å². The van der Waals surface area contributed by atoms with E-state index in [9.17, 15) is 9.18 Å². The first-order valence-electron chi connectivity index (χ1n) is 10.6. The highest BCUT2D eigenvalue weighted by molar-refractivity contribution is 6.30. The van der Waals surface area contributed by atoms with Crippen molar-refractivity contribution in [3.8, 4) is 0 Å². The number of carbonyl (C=O) groups is 1. The molecule has 0 saturated heterocycles. The van der Waals surface area contributed by atoms with Crippen molar-refractivity contribution in [3.63, 3.8) is 0 Å². The standard InChI is InChI=1S/C25H24ClFN2O/c26-18-1-4-20(5-2-18)29-24(30)16-7-10-25(11-8-16)14-17(15-25)21-9-12-28-23-6-3-19(27)13-22(21)23/h1-6,9,12-13,16-17H,7-8,10-11,14-15H2,(H,29,30). The van der Waals surface area contributed by atoms with Crippen LogP contribution in [-0.4, -0.2) is 10.9 Å². The fourth-order valence-electron chi connectivity index (χ4n) is 5.38. The highest BCUT2D eigenvalue weighted by atomic mass is 35.5. The van der Waals surface area contributed by atoms with Crippen LogP contribution in [-0.2, 0) is 4.79 Å². The van der Waals surface area contributed by atoms with Gasteiger partial charge in [0.2, 0.25) is 5.91 Å². The van der Waals surface area contributed by atoms with Gasteiger partial charge in [-0.2, -0.15) is 0 Å². The third kappa shape index (κ3) is 3.69. The lowest BCUT2D eigenvalue weighted by Crippen LogP contribution is -2.41. The van der Waals surface area contributed by atoms with Crippen molar-refractivity contribution in [2.75, 3.05) is 5.32 Å². The molecule has 0 atom stereocenters. The van der Waals surface area contributed by atoms with E-state index >= 15 is 0 Å². The molecule has 0 unspecified atom stereocenters. The van der Waals surface area contributed by atoms with E-state index in [0.29, 0.717) is 16.4 Å². The largest absolute Gasteiger partial charge is 0.326 e. The first-order valence-corrected chi connectivity index (χ1v) is 11.0. The molecule has 1 aromatic heterocycles. The number of anilines is 1. The smallest absolute Gasteiger partial charge is 0.227 e. The molecular weight excluding hydrogens is 399 g/mol. The van der Waals surface area contributed by atoms with Crippen LogP contribution in [0.1, 0.15) is 50.0 Å². The van der Waals surface area contributed by atoms with Gasteiger partial charge in [0.05, 0.1) is 5.52 Å². The molecule has 5 heteroatoms. The summed E-state index contributed by atoms with van der Waals surface area (Å²) in [5.41, 5.74) is 3.21. The summed E-state index contributed by atoms with van der Waals surface area (Å²) in [5.74, 6) is 0.426.